The Labute approximate surface area is 154 Å². The van der Waals surface area contributed by atoms with Crippen LogP contribution in [-0.4, -0.2) is 42.7 Å². The number of aliphatic hydroxyl groups is 1. The predicted molar refractivity (Wildman–Crippen MR) is 99.6 cm³/mol. The van der Waals surface area contributed by atoms with E-state index in [0.717, 1.165) is 31.5 Å². The minimum Gasteiger partial charge on any atom is -0.465 e. The van der Waals surface area contributed by atoms with Gasteiger partial charge in [-0.1, -0.05) is 37.3 Å². The van der Waals surface area contributed by atoms with Gasteiger partial charge >= 0.3 is 5.97 Å². The average Bonchev–Trinajstić information content (AvgIpc) is 2.67. The molecule has 2 rings (SSSR count). The van der Waals surface area contributed by atoms with Gasteiger partial charge in [-0.2, -0.15) is 0 Å². The molecule has 0 spiro atoms. The van der Waals surface area contributed by atoms with Crippen molar-refractivity contribution in [3.05, 3.63) is 71.0 Å². The molecule has 2 aromatic rings. The molecular formula is C21H26FNO3. The Morgan fingerprint density at radius 3 is 2.50 bits per heavy atom. The summed E-state index contributed by atoms with van der Waals surface area (Å²) in [5.74, 6) is -0.711. The summed E-state index contributed by atoms with van der Waals surface area (Å²) in [7, 11) is 1.37. The van der Waals surface area contributed by atoms with Crippen LogP contribution >= 0.6 is 0 Å². The van der Waals surface area contributed by atoms with Gasteiger partial charge < -0.3 is 14.7 Å². The van der Waals surface area contributed by atoms with E-state index in [1.54, 1.807) is 30.3 Å². The second-order valence-electron chi connectivity index (χ2n) is 6.22. The van der Waals surface area contributed by atoms with Gasteiger partial charge in [0.2, 0.25) is 0 Å². The molecule has 0 bridgehead atoms. The molecule has 0 fully saturated rings. The number of carbonyl (C=O) groups excluding carboxylic acids is 1. The first-order valence-corrected chi connectivity index (χ1v) is 8.87. The second-order valence-corrected chi connectivity index (χ2v) is 6.22. The molecule has 0 saturated heterocycles. The maximum atomic E-state index is 13.8. The van der Waals surface area contributed by atoms with Crippen LogP contribution in [0.4, 0.5) is 4.39 Å². The van der Waals surface area contributed by atoms with E-state index in [1.165, 1.54) is 13.2 Å². The third-order valence-electron chi connectivity index (χ3n) is 4.46. The van der Waals surface area contributed by atoms with Crippen LogP contribution in [0.2, 0.25) is 0 Å². The molecule has 1 atom stereocenters. The van der Waals surface area contributed by atoms with Gasteiger partial charge in [0.1, 0.15) is 5.82 Å². The molecule has 0 heterocycles. The van der Waals surface area contributed by atoms with E-state index in [1.807, 2.05) is 19.1 Å². The fourth-order valence-electron chi connectivity index (χ4n) is 2.90. The first kappa shape index (κ1) is 20.1. The molecule has 2 aromatic carbocycles. The Kier molecular flexibility index (Phi) is 7.75. The number of aliphatic hydroxyl groups excluding tert-OH is 1. The number of esters is 1. The lowest BCUT2D eigenvalue weighted by Gasteiger charge is -2.24. The number of hydrogen-bond donors (Lipinski definition) is 1. The van der Waals surface area contributed by atoms with Crippen molar-refractivity contribution in [1.29, 1.82) is 0 Å². The van der Waals surface area contributed by atoms with E-state index in [9.17, 15) is 14.3 Å². The lowest BCUT2D eigenvalue weighted by Crippen LogP contribution is -2.30. The van der Waals surface area contributed by atoms with Gasteiger partial charge in [-0.15, -0.1) is 0 Å². The number of halogens is 1. The topological polar surface area (TPSA) is 49.8 Å². The van der Waals surface area contributed by atoms with Crippen molar-refractivity contribution in [2.24, 2.45) is 0 Å². The Morgan fingerprint density at radius 2 is 1.88 bits per heavy atom. The van der Waals surface area contributed by atoms with Gasteiger partial charge in [0.25, 0.3) is 0 Å². The molecule has 0 aromatic heterocycles. The minimum absolute atomic E-state index is 0.337. The summed E-state index contributed by atoms with van der Waals surface area (Å²) in [6.07, 6.45) is 0.943. The summed E-state index contributed by atoms with van der Waals surface area (Å²) >= 11 is 0. The molecule has 0 unspecified atom stereocenters. The maximum absolute atomic E-state index is 13.8. The molecule has 140 valence electrons. The fraction of sp³-hybridized carbons (Fsp3) is 0.381. The van der Waals surface area contributed by atoms with Crippen LogP contribution in [0.1, 0.15) is 40.9 Å². The first-order chi connectivity index (χ1) is 12.5. The standard InChI is InChI=1S/C21H26FNO3/c1-3-23(15-20(24)18-8-4-5-9-19(18)22)14-6-7-16-10-12-17(13-11-16)21(25)26-2/h4-5,8-13,20,24H,3,6-7,14-15H2,1-2H3/t20-/m1/s1. The molecular weight excluding hydrogens is 333 g/mol. The molecule has 5 heteroatoms. The molecule has 0 aliphatic carbocycles. The van der Waals surface area contributed by atoms with Crippen LogP contribution in [0.15, 0.2) is 48.5 Å². The average molecular weight is 359 g/mol. The lowest BCUT2D eigenvalue weighted by molar-refractivity contribution is 0.0600. The van der Waals surface area contributed by atoms with E-state index in [0.29, 0.717) is 17.7 Å². The third-order valence-corrected chi connectivity index (χ3v) is 4.46. The maximum Gasteiger partial charge on any atom is 0.337 e. The summed E-state index contributed by atoms with van der Waals surface area (Å²) in [6, 6.07) is 13.7. The number of methoxy groups -OCH3 is 1. The van der Waals surface area contributed by atoms with Crippen LogP contribution < -0.4 is 0 Å². The van der Waals surface area contributed by atoms with Crippen LogP contribution in [0.3, 0.4) is 0 Å². The highest BCUT2D eigenvalue weighted by Crippen LogP contribution is 2.18. The van der Waals surface area contributed by atoms with Crippen LogP contribution in [0.25, 0.3) is 0 Å². The number of benzene rings is 2. The molecule has 1 N–H and O–H groups in total. The summed E-state index contributed by atoms with van der Waals surface area (Å²) < 4.78 is 18.5. The van der Waals surface area contributed by atoms with Gasteiger partial charge in [0.15, 0.2) is 0 Å². The van der Waals surface area contributed by atoms with Crippen molar-refractivity contribution in [2.75, 3.05) is 26.7 Å². The summed E-state index contributed by atoms with van der Waals surface area (Å²) in [5, 5.41) is 10.3. The van der Waals surface area contributed by atoms with Crippen LogP contribution in [0.5, 0.6) is 0 Å². The summed E-state index contributed by atoms with van der Waals surface area (Å²) in [5.41, 5.74) is 2.02. The van der Waals surface area contributed by atoms with Crippen molar-refractivity contribution in [3.8, 4) is 0 Å². The SMILES string of the molecule is CCN(CCCc1ccc(C(=O)OC)cc1)C[C@@H](O)c1ccccc1F. The van der Waals surface area contributed by atoms with Crippen LogP contribution in [-0.2, 0) is 11.2 Å². The zero-order valence-electron chi connectivity index (χ0n) is 15.3. The number of hydrogen-bond acceptors (Lipinski definition) is 4. The van der Waals surface area contributed by atoms with Crippen molar-refractivity contribution in [3.63, 3.8) is 0 Å². The molecule has 4 nitrogen and oxygen atoms in total. The van der Waals surface area contributed by atoms with E-state index >= 15 is 0 Å². The highest BCUT2D eigenvalue weighted by molar-refractivity contribution is 5.89. The Balaban J connectivity index is 1.83. The Morgan fingerprint density at radius 1 is 1.19 bits per heavy atom. The summed E-state index contributed by atoms with van der Waals surface area (Å²) in [6.45, 7) is 4.02. The number of likely N-dealkylation sites (N-methyl/N-ethyl adjacent to an activating group) is 1. The highest BCUT2D eigenvalue weighted by Gasteiger charge is 2.15. The van der Waals surface area contributed by atoms with E-state index in [-0.39, 0.29) is 11.8 Å². The number of rotatable bonds is 9. The molecule has 0 amide bonds. The third kappa shape index (κ3) is 5.64. The summed E-state index contributed by atoms with van der Waals surface area (Å²) in [4.78, 5) is 13.5. The molecule has 0 radical (unpaired) electrons. The molecule has 0 aliphatic heterocycles. The predicted octanol–water partition coefficient (Wildman–Crippen LogP) is 3.60. The van der Waals surface area contributed by atoms with E-state index < -0.39 is 6.10 Å². The smallest absolute Gasteiger partial charge is 0.337 e. The fourth-order valence-corrected chi connectivity index (χ4v) is 2.90. The highest BCUT2D eigenvalue weighted by atomic mass is 19.1. The van der Waals surface area contributed by atoms with Gasteiger partial charge in [0.05, 0.1) is 18.8 Å². The monoisotopic (exact) mass is 359 g/mol. The van der Waals surface area contributed by atoms with Crippen molar-refractivity contribution in [2.45, 2.75) is 25.9 Å². The second kappa shape index (κ2) is 10.0. The first-order valence-electron chi connectivity index (χ1n) is 8.87. The quantitative estimate of drug-likeness (QED) is 0.695. The normalized spacial score (nSPS) is 12.2. The van der Waals surface area contributed by atoms with Gasteiger partial charge in [-0.3, -0.25) is 0 Å². The van der Waals surface area contributed by atoms with Gasteiger partial charge in [-0.05, 0) is 49.7 Å². The van der Waals surface area contributed by atoms with E-state index in [2.05, 4.69) is 9.64 Å². The number of ether oxygens (including phenoxy) is 1. The van der Waals surface area contributed by atoms with Gasteiger partial charge in [-0.25, -0.2) is 9.18 Å². The number of nitrogens with zero attached hydrogens (tertiary/aromatic N) is 1. The number of carbonyl (C=O) groups is 1. The molecule has 26 heavy (non-hydrogen) atoms. The zero-order chi connectivity index (χ0) is 18.9. The Bertz CT molecular complexity index is 703. The minimum atomic E-state index is -0.838. The van der Waals surface area contributed by atoms with Crippen LogP contribution in [0, 0.1) is 5.82 Å². The molecule has 0 saturated carbocycles. The van der Waals surface area contributed by atoms with Gasteiger partial charge in [0, 0.05) is 12.1 Å². The number of aryl methyl sites for hydroxylation is 1. The van der Waals surface area contributed by atoms with Crippen molar-refractivity contribution < 1.29 is 19.0 Å². The Hall–Kier alpha value is -2.24. The molecule has 0 aliphatic rings. The van der Waals surface area contributed by atoms with E-state index in [4.69, 9.17) is 0 Å². The lowest BCUT2D eigenvalue weighted by atomic mass is 10.1. The van der Waals surface area contributed by atoms with Crippen molar-refractivity contribution >= 4 is 5.97 Å². The van der Waals surface area contributed by atoms with Crippen molar-refractivity contribution in [1.82, 2.24) is 4.90 Å². The largest absolute Gasteiger partial charge is 0.465 e. The zero-order valence-corrected chi connectivity index (χ0v) is 15.3.